The van der Waals surface area contributed by atoms with Gasteiger partial charge in [0.15, 0.2) is 0 Å². The van der Waals surface area contributed by atoms with E-state index in [4.69, 9.17) is 0 Å². The van der Waals surface area contributed by atoms with E-state index in [9.17, 15) is 9.90 Å². The van der Waals surface area contributed by atoms with Gasteiger partial charge in [0.1, 0.15) is 6.04 Å². The summed E-state index contributed by atoms with van der Waals surface area (Å²) in [4.78, 5) is 11.2. The number of carboxylic acids is 1. The van der Waals surface area contributed by atoms with E-state index < -0.39 is 12.0 Å². The molecule has 1 saturated carbocycles. The summed E-state index contributed by atoms with van der Waals surface area (Å²) in [5.74, 6) is 0.0688. The molecule has 0 bridgehead atoms. The second-order valence-electron chi connectivity index (χ2n) is 5.77. The lowest BCUT2D eigenvalue weighted by atomic mass is 9.91. The van der Waals surface area contributed by atoms with Crippen LogP contribution in [0.3, 0.4) is 0 Å². The third-order valence-electron chi connectivity index (χ3n) is 3.98. The lowest BCUT2D eigenvalue weighted by molar-refractivity contribution is -0.141. The zero-order chi connectivity index (χ0) is 12.8. The molecule has 0 aromatic rings. The van der Waals surface area contributed by atoms with Gasteiger partial charge >= 0.3 is 5.97 Å². The molecule has 1 rings (SSSR count). The highest BCUT2D eigenvalue weighted by molar-refractivity contribution is 5.73. The fourth-order valence-electron chi connectivity index (χ4n) is 2.78. The summed E-state index contributed by atoms with van der Waals surface area (Å²) in [6, 6.07) is -0.0927. The van der Waals surface area contributed by atoms with Crippen molar-refractivity contribution in [2.45, 2.75) is 71.4 Å². The van der Waals surface area contributed by atoms with Crippen LogP contribution in [0.1, 0.15) is 59.3 Å². The molecule has 0 heterocycles. The van der Waals surface area contributed by atoms with Crippen LogP contribution in [-0.4, -0.2) is 23.2 Å². The summed E-state index contributed by atoms with van der Waals surface area (Å²) in [6.07, 6.45) is 7.79. The smallest absolute Gasteiger partial charge is 0.320 e. The molecule has 0 aromatic carbocycles. The molecule has 0 radical (unpaired) electrons. The zero-order valence-corrected chi connectivity index (χ0v) is 11.4. The van der Waals surface area contributed by atoms with E-state index in [1.165, 1.54) is 38.5 Å². The average Bonchev–Trinajstić information content (AvgIpc) is 2.52. The lowest BCUT2D eigenvalue weighted by Crippen LogP contribution is -2.48. The monoisotopic (exact) mass is 241 g/mol. The third kappa shape index (κ3) is 4.66. The quantitative estimate of drug-likeness (QED) is 0.727. The number of carboxylic acid groups (broad SMARTS) is 1. The van der Waals surface area contributed by atoms with E-state index in [0.717, 1.165) is 0 Å². The topological polar surface area (TPSA) is 49.3 Å². The van der Waals surface area contributed by atoms with Crippen LogP contribution in [0, 0.1) is 11.8 Å². The van der Waals surface area contributed by atoms with Crippen molar-refractivity contribution in [1.29, 1.82) is 0 Å². The van der Waals surface area contributed by atoms with Crippen LogP contribution in [0.4, 0.5) is 0 Å². The van der Waals surface area contributed by atoms with Crippen LogP contribution in [-0.2, 0) is 4.79 Å². The van der Waals surface area contributed by atoms with Crippen LogP contribution in [0.2, 0.25) is 0 Å². The third-order valence-corrected chi connectivity index (χ3v) is 3.98. The molecule has 0 aromatic heterocycles. The summed E-state index contributed by atoms with van der Waals surface area (Å²) in [5, 5.41) is 12.5. The predicted octanol–water partition coefficient (Wildman–Crippen LogP) is 3.04. The summed E-state index contributed by atoms with van der Waals surface area (Å²) in [5.41, 5.74) is 0. The SMILES string of the molecule is CC(C)C(N[C@H](C)C1CCCCCC1)C(=O)O. The minimum absolute atomic E-state index is 0.140. The maximum atomic E-state index is 11.2. The Hall–Kier alpha value is -0.570. The first-order valence-electron chi connectivity index (χ1n) is 7.01. The van der Waals surface area contributed by atoms with Crippen molar-refractivity contribution in [1.82, 2.24) is 5.32 Å². The molecular formula is C14H27NO2. The van der Waals surface area contributed by atoms with Crippen molar-refractivity contribution >= 4 is 5.97 Å². The van der Waals surface area contributed by atoms with Gasteiger partial charge in [0.2, 0.25) is 0 Å². The Labute approximate surface area is 105 Å². The van der Waals surface area contributed by atoms with Crippen LogP contribution in [0.25, 0.3) is 0 Å². The van der Waals surface area contributed by atoms with E-state index in [0.29, 0.717) is 12.0 Å². The van der Waals surface area contributed by atoms with Crippen LogP contribution < -0.4 is 5.32 Å². The van der Waals surface area contributed by atoms with Crippen molar-refractivity contribution in [3.05, 3.63) is 0 Å². The minimum Gasteiger partial charge on any atom is -0.480 e. The van der Waals surface area contributed by atoms with Gasteiger partial charge in [-0.2, -0.15) is 0 Å². The van der Waals surface area contributed by atoms with E-state index >= 15 is 0 Å². The molecule has 3 nitrogen and oxygen atoms in total. The van der Waals surface area contributed by atoms with Crippen molar-refractivity contribution in [3.63, 3.8) is 0 Å². The molecule has 0 saturated heterocycles. The van der Waals surface area contributed by atoms with Gasteiger partial charge in [0, 0.05) is 6.04 Å². The van der Waals surface area contributed by atoms with Gasteiger partial charge in [0.25, 0.3) is 0 Å². The molecule has 2 N–H and O–H groups in total. The van der Waals surface area contributed by atoms with Gasteiger partial charge in [0.05, 0.1) is 0 Å². The Balaban J connectivity index is 2.50. The van der Waals surface area contributed by atoms with Crippen molar-refractivity contribution in [2.75, 3.05) is 0 Å². The number of carbonyl (C=O) groups is 1. The average molecular weight is 241 g/mol. The molecule has 1 fully saturated rings. The summed E-state index contributed by atoms with van der Waals surface area (Å²) in [7, 11) is 0. The first-order chi connectivity index (χ1) is 8.02. The number of aliphatic carboxylic acids is 1. The molecule has 1 aliphatic rings. The van der Waals surface area contributed by atoms with Gasteiger partial charge in [-0.25, -0.2) is 0 Å². The number of hydrogen-bond donors (Lipinski definition) is 2. The molecule has 0 spiro atoms. The zero-order valence-electron chi connectivity index (χ0n) is 11.4. The fourth-order valence-corrected chi connectivity index (χ4v) is 2.78. The maximum absolute atomic E-state index is 11.2. The normalized spacial score (nSPS) is 22.1. The Morgan fingerprint density at radius 3 is 2.06 bits per heavy atom. The summed E-state index contributed by atoms with van der Waals surface area (Å²) >= 11 is 0. The van der Waals surface area contributed by atoms with Gasteiger partial charge < -0.3 is 10.4 Å². The van der Waals surface area contributed by atoms with Crippen LogP contribution in [0.5, 0.6) is 0 Å². The molecule has 17 heavy (non-hydrogen) atoms. The Morgan fingerprint density at radius 1 is 1.12 bits per heavy atom. The maximum Gasteiger partial charge on any atom is 0.320 e. The largest absolute Gasteiger partial charge is 0.480 e. The molecule has 1 unspecified atom stereocenters. The van der Waals surface area contributed by atoms with Crippen molar-refractivity contribution in [3.8, 4) is 0 Å². The second kappa shape index (κ2) is 7.00. The summed E-state index contributed by atoms with van der Waals surface area (Å²) in [6.45, 7) is 6.07. The molecule has 1 aliphatic carbocycles. The predicted molar refractivity (Wildman–Crippen MR) is 70.1 cm³/mol. The Kier molecular flexibility index (Phi) is 5.96. The molecule has 100 valence electrons. The molecule has 2 atom stereocenters. The highest BCUT2D eigenvalue weighted by Gasteiger charge is 2.26. The number of nitrogens with one attached hydrogen (secondary N) is 1. The fraction of sp³-hybridized carbons (Fsp3) is 0.929. The summed E-state index contributed by atoms with van der Waals surface area (Å²) < 4.78 is 0. The van der Waals surface area contributed by atoms with Crippen molar-refractivity contribution < 1.29 is 9.90 Å². The molecule has 0 aliphatic heterocycles. The highest BCUT2D eigenvalue weighted by atomic mass is 16.4. The van der Waals surface area contributed by atoms with E-state index in [1.807, 2.05) is 13.8 Å². The van der Waals surface area contributed by atoms with Gasteiger partial charge in [-0.3, -0.25) is 4.79 Å². The number of rotatable bonds is 5. The highest BCUT2D eigenvalue weighted by Crippen LogP contribution is 2.26. The molecule has 0 amide bonds. The van der Waals surface area contributed by atoms with Crippen LogP contribution in [0.15, 0.2) is 0 Å². The molecule has 3 heteroatoms. The van der Waals surface area contributed by atoms with E-state index in [1.54, 1.807) is 0 Å². The van der Waals surface area contributed by atoms with Gasteiger partial charge in [-0.1, -0.05) is 39.5 Å². The van der Waals surface area contributed by atoms with Crippen molar-refractivity contribution in [2.24, 2.45) is 11.8 Å². The lowest BCUT2D eigenvalue weighted by Gasteiger charge is -2.28. The van der Waals surface area contributed by atoms with E-state index in [-0.39, 0.29) is 5.92 Å². The first-order valence-corrected chi connectivity index (χ1v) is 7.01. The molecular weight excluding hydrogens is 214 g/mol. The second-order valence-corrected chi connectivity index (χ2v) is 5.77. The first kappa shape index (κ1) is 14.5. The minimum atomic E-state index is -0.722. The Morgan fingerprint density at radius 2 is 1.65 bits per heavy atom. The van der Waals surface area contributed by atoms with Gasteiger partial charge in [-0.05, 0) is 31.6 Å². The van der Waals surface area contributed by atoms with E-state index in [2.05, 4.69) is 12.2 Å². The standard InChI is InChI=1S/C14H27NO2/c1-10(2)13(14(16)17)15-11(3)12-8-6-4-5-7-9-12/h10-13,15H,4-9H2,1-3H3,(H,16,17)/t11-,13?/m1/s1. The number of hydrogen-bond acceptors (Lipinski definition) is 2. The van der Waals surface area contributed by atoms with Crippen LogP contribution >= 0.6 is 0 Å². The van der Waals surface area contributed by atoms with Gasteiger partial charge in [-0.15, -0.1) is 0 Å². The Bertz CT molecular complexity index is 232.